The summed E-state index contributed by atoms with van der Waals surface area (Å²) in [5.74, 6) is -0.711. The molecule has 0 radical (unpaired) electrons. The van der Waals surface area contributed by atoms with Gasteiger partial charge in [-0.05, 0) is 36.4 Å². The van der Waals surface area contributed by atoms with Gasteiger partial charge in [0.1, 0.15) is 5.69 Å². The van der Waals surface area contributed by atoms with Gasteiger partial charge in [0.25, 0.3) is 5.91 Å². The maximum Gasteiger partial charge on any atom is 0.272 e. The Labute approximate surface area is 169 Å². The Balaban J connectivity index is 1.39. The molecular formula is C21H24N4O4. The molecule has 1 aromatic carbocycles. The molecule has 2 N–H and O–H groups in total. The van der Waals surface area contributed by atoms with Gasteiger partial charge in [-0.1, -0.05) is 0 Å². The molecule has 2 amide bonds. The number of amides is 2. The molecule has 1 spiro atoms. The molecule has 2 aliphatic heterocycles. The summed E-state index contributed by atoms with van der Waals surface area (Å²) in [5, 5.41) is 5.99. The van der Waals surface area contributed by atoms with E-state index in [1.165, 1.54) is 6.92 Å². The van der Waals surface area contributed by atoms with Gasteiger partial charge in [-0.2, -0.15) is 0 Å². The number of benzene rings is 1. The quantitative estimate of drug-likeness (QED) is 0.826. The first-order chi connectivity index (χ1) is 14.0. The molecule has 2 saturated heterocycles. The van der Waals surface area contributed by atoms with Gasteiger partial charge in [0, 0.05) is 56.1 Å². The van der Waals surface area contributed by atoms with E-state index in [0.29, 0.717) is 44.8 Å². The summed E-state index contributed by atoms with van der Waals surface area (Å²) in [6, 6.07) is 10.9. The third-order valence-electron chi connectivity index (χ3n) is 5.10. The fraction of sp³-hybridized carbons (Fsp3) is 0.381. The van der Waals surface area contributed by atoms with Crippen molar-refractivity contribution in [3.63, 3.8) is 0 Å². The van der Waals surface area contributed by atoms with E-state index in [9.17, 15) is 9.59 Å². The third-order valence-corrected chi connectivity index (χ3v) is 5.10. The van der Waals surface area contributed by atoms with Gasteiger partial charge in [0.05, 0.1) is 13.2 Å². The van der Waals surface area contributed by atoms with Crippen LogP contribution in [0.5, 0.6) is 0 Å². The van der Waals surface area contributed by atoms with Gasteiger partial charge < -0.3 is 25.0 Å². The van der Waals surface area contributed by atoms with Crippen LogP contribution in [0.1, 0.15) is 30.3 Å². The second kappa shape index (κ2) is 8.18. The van der Waals surface area contributed by atoms with Gasteiger partial charge in [0.2, 0.25) is 5.91 Å². The van der Waals surface area contributed by atoms with E-state index >= 15 is 0 Å². The first-order valence-electron chi connectivity index (χ1n) is 9.71. The molecule has 0 bridgehead atoms. The highest BCUT2D eigenvalue weighted by molar-refractivity contribution is 5.93. The molecule has 4 rings (SSSR count). The smallest absolute Gasteiger partial charge is 0.272 e. The number of carbonyl (C=O) groups excluding carboxylic acids is 2. The molecule has 0 saturated carbocycles. The average molecular weight is 396 g/mol. The van der Waals surface area contributed by atoms with E-state index in [-0.39, 0.29) is 11.8 Å². The van der Waals surface area contributed by atoms with Crippen molar-refractivity contribution >= 4 is 28.9 Å². The summed E-state index contributed by atoms with van der Waals surface area (Å²) >= 11 is 0. The first-order valence-corrected chi connectivity index (χ1v) is 9.71. The summed E-state index contributed by atoms with van der Waals surface area (Å²) in [7, 11) is 0. The van der Waals surface area contributed by atoms with Gasteiger partial charge in [-0.15, -0.1) is 0 Å². The predicted octanol–water partition coefficient (Wildman–Crippen LogP) is 2.76. The van der Waals surface area contributed by atoms with Gasteiger partial charge in [-0.3, -0.25) is 14.6 Å². The van der Waals surface area contributed by atoms with Gasteiger partial charge >= 0.3 is 0 Å². The summed E-state index contributed by atoms with van der Waals surface area (Å²) in [4.78, 5) is 30.0. The molecule has 0 atom stereocenters. The van der Waals surface area contributed by atoms with Crippen LogP contribution in [0, 0.1) is 0 Å². The Morgan fingerprint density at radius 1 is 1.00 bits per heavy atom. The van der Waals surface area contributed by atoms with Crippen molar-refractivity contribution in [1.29, 1.82) is 0 Å². The molecule has 2 aromatic rings. The van der Waals surface area contributed by atoms with Crippen LogP contribution < -0.4 is 10.6 Å². The second-order valence-electron chi connectivity index (χ2n) is 7.21. The zero-order valence-corrected chi connectivity index (χ0v) is 16.3. The topological polar surface area (TPSA) is 92.8 Å². The van der Waals surface area contributed by atoms with Crippen LogP contribution >= 0.6 is 0 Å². The maximum atomic E-state index is 12.9. The first kappa shape index (κ1) is 19.4. The highest BCUT2D eigenvalue weighted by atomic mass is 16.7. The Morgan fingerprint density at radius 2 is 1.66 bits per heavy atom. The van der Waals surface area contributed by atoms with Crippen LogP contribution in [0.2, 0.25) is 0 Å². The van der Waals surface area contributed by atoms with E-state index in [0.717, 1.165) is 17.1 Å². The van der Waals surface area contributed by atoms with E-state index < -0.39 is 5.79 Å². The monoisotopic (exact) mass is 396 g/mol. The number of likely N-dealkylation sites (tertiary alicyclic amines) is 1. The minimum Gasteiger partial charge on any atom is -0.355 e. The average Bonchev–Trinajstić information content (AvgIpc) is 3.17. The number of rotatable bonds is 4. The van der Waals surface area contributed by atoms with Crippen molar-refractivity contribution in [2.24, 2.45) is 0 Å². The zero-order valence-electron chi connectivity index (χ0n) is 16.3. The summed E-state index contributed by atoms with van der Waals surface area (Å²) in [6.45, 7) is 3.88. The lowest BCUT2D eigenvalue weighted by Crippen LogP contribution is -2.47. The molecule has 3 heterocycles. The minimum absolute atomic E-state index is 0.0949. The third kappa shape index (κ3) is 4.55. The van der Waals surface area contributed by atoms with Crippen LogP contribution in [-0.2, 0) is 14.3 Å². The highest BCUT2D eigenvalue weighted by Gasteiger charge is 2.41. The number of nitrogens with zero attached hydrogens (tertiary/aromatic N) is 2. The Morgan fingerprint density at radius 3 is 2.31 bits per heavy atom. The van der Waals surface area contributed by atoms with Crippen molar-refractivity contribution in [3.05, 3.63) is 48.3 Å². The number of ether oxygens (including phenoxy) is 2. The fourth-order valence-corrected chi connectivity index (χ4v) is 3.63. The van der Waals surface area contributed by atoms with Crippen LogP contribution in [0.4, 0.5) is 17.1 Å². The molecule has 0 aliphatic carbocycles. The van der Waals surface area contributed by atoms with Gasteiger partial charge in [-0.25, -0.2) is 0 Å². The number of piperidine rings is 1. The highest BCUT2D eigenvalue weighted by Crippen LogP contribution is 2.31. The number of hydrogen-bond donors (Lipinski definition) is 2. The lowest BCUT2D eigenvalue weighted by Gasteiger charge is -2.37. The van der Waals surface area contributed by atoms with Crippen LogP contribution in [0.25, 0.3) is 0 Å². The number of nitrogens with one attached hydrogen (secondary N) is 2. The van der Waals surface area contributed by atoms with E-state index in [4.69, 9.17) is 9.47 Å². The lowest BCUT2D eigenvalue weighted by atomic mass is 10.0. The maximum absolute atomic E-state index is 12.9. The van der Waals surface area contributed by atoms with Crippen LogP contribution in [-0.4, -0.2) is 53.8 Å². The molecule has 152 valence electrons. The zero-order chi connectivity index (χ0) is 20.3. The fourth-order valence-electron chi connectivity index (χ4n) is 3.63. The molecule has 1 aromatic heterocycles. The number of aromatic nitrogens is 1. The van der Waals surface area contributed by atoms with Crippen molar-refractivity contribution in [1.82, 2.24) is 9.88 Å². The Bertz CT molecular complexity index is 884. The Hall–Kier alpha value is -2.97. The molecule has 8 nitrogen and oxygen atoms in total. The number of carbonyl (C=O) groups is 2. The summed E-state index contributed by atoms with van der Waals surface area (Å²) in [6.07, 6.45) is 2.98. The van der Waals surface area contributed by atoms with Crippen LogP contribution in [0.15, 0.2) is 42.6 Å². The largest absolute Gasteiger partial charge is 0.355 e. The predicted molar refractivity (Wildman–Crippen MR) is 108 cm³/mol. The van der Waals surface area contributed by atoms with Crippen molar-refractivity contribution < 1.29 is 19.1 Å². The number of anilines is 3. The molecule has 8 heteroatoms. The molecule has 2 fully saturated rings. The van der Waals surface area contributed by atoms with E-state index in [1.54, 1.807) is 17.2 Å². The number of hydrogen-bond acceptors (Lipinski definition) is 6. The molecule has 0 unspecified atom stereocenters. The standard InChI is InChI=1S/C21H24N4O4/c1-15(26)23-16-2-4-17(5-3-16)24-18-6-9-22-19(14-18)20(27)25-10-7-21(8-11-25)28-12-13-29-21/h2-6,9,14H,7-8,10-13H2,1H3,(H,22,24)(H,23,26). The van der Waals surface area contributed by atoms with E-state index in [2.05, 4.69) is 15.6 Å². The molecule has 2 aliphatic rings. The van der Waals surface area contributed by atoms with Crippen molar-refractivity contribution in [3.8, 4) is 0 Å². The van der Waals surface area contributed by atoms with Crippen LogP contribution in [0.3, 0.4) is 0 Å². The summed E-state index contributed by atoms with van der Waals surface area (Å²) in [5.41, 5.74) is 2.74. The minimum atomic E-state index is -0.503. The SMILES string of the molecule is CC(=O)Nc1ccc(Nc2ccnc(C(=O)N3CCC4(CC3)OCCO4)c2)cc1. The van der Waals surface area contributed by atoms with E-state index in [1.807, 2.05) is 30.3 Å². The summed E-state index contributed by atoms with van der Waals surface area (Å²) < 4.78 is 11.4. The van der Waals surface area contributed by atoms with Crippen molar-refractivity contribution in [2.75, 3.05) is 36.9 Å². The normalized spacial score (nSPS) is 17.9. The molecular weight excluding hydrogens is 372 g/mol. The Kier molecular flexibility index (Phi) is 5.46. The number of pyridine rings is 1. The molecule has 29 heavy (non-hydrogen) atoms. The van der Waals surface area contributed by atoms with Crippen molar-refractivity contribution in [2.45, 2.75) is 25.6 Å². The lowest BCUT2D eigenvalue weighted by molar-refractivity contribution is -0.181. The second-order valence-corrected chi connectivity index (χ2v) is 7.21. The van der Waals surface area contributed by atoms with Gasteiger partial charge in [0.15, 0.2) is 5.79 Å².